The Bertz CT molecular complexity index is 324. The Balaban J connectivity index is 2.17. The molecule has 0 aliphatic carbocycles. The highest BCUT2D eigenvalue weighted by Crippen LogP contribution is 2.28. The maximum Gasteiger partial charge on any atom is 0.134 e. The molecule has 0 spiro atoms. The van der Waals surface area contributed by atoms with E-state index in [1.807, 2.05) is 0 Å². The highest BCUT2D eigenvalue weighted by molar-refractivity contribution is 5.29. The number of hydrogen-bond acceptors (Lipinski definition) is 2. The Morgan fingerprint density at radius 3 is 2.93 bits per heavy atom. The predicted octanol–water partition coefficient (Wildman–Crippen LogP) is 1.50. The van der Waals surface area contributed by atoms with Crippen LogP contribution in [-0.4, -0.2) is 23.4 Å². The van der Waals surface area contributed by atoms with E-state index >= 15 is 0 Å². The molecule has 0 aromatic carbocycles. The van der Waals surface area contributed by atoms with Gasteiger partial charge < -0.3 is 9.84 Å². The fourth-order valence-electron chi connectivity index (χ4n) is 1.26. The smallest absolute Gasteiger partial charge is 0.134 e. The molecule has 1 aliphatic heterocycles. The minimum Gasteiger partial charge on any atom is -0.377 e. The zero-order valence-corrected chi connectivity index (χ0v) is 8.99. The molecule has 2 heteroatoms. The molecule has 3 atom stereocenters. The quantitative estimate of drug-likeness (QED) is 0.427. The maximum atomic E-state index is 9.01. The van der Waals surface area contributed by atoms with E-state index in [-0.39, 0.29) is 0 Å². The van der Waals surface area contributed by atoms with Crippen LogP contribution in [0.3, 0.4) is 0 Å². The van der Waals surface area contributed by atoms with Crippen LogP contribution in [0, 0.1) is 23.7 Å². The molecule has 0 aromatic heterocycles. The molecular formula is C13H16O2. The molecule has 1 heterocycles. The Labute approximate surface area is 91.3 Å². The van der Waals surface area contributed by atoms with Crippen molar-refractivity contribution in [3.05, 3.63) is 12.7 Å². The lowest BCUT2D eigenvalue weighted by Crippen LogP contribution is -1.94. The number of epoxide rings is 1. The predicted molar refractivity (Wildman–Crippen MR) is 59.9 cm³/mol. The fraction of sp³-hybridized carbons (Fsp3) is 0.538. The molecule has 1 rings (SSSR count). The van der Waals surface area contributed by atoms with Crippen LogP contribution in [0.25, 0.3) is 0 Å². The summed E-state index contributed by atoms with van der Waals surface area (Å²) < 4.78 is 5.39. The summed E-state index contributed by atoms with van der Waals surface area (Å²) in [5.74, 6) is 10.7. The monoisotopic (exact) mass is 204 g/mol. The highest BCUT2D eigenvalue weighted by Gasteiger charge is 2.36. The van der Waals surface area contributed by atoms with Gasteiger partial charge >= 0.3 is 0 Å². The summed E-state index contributed by atoms with van der Waals surface area (Å²) in [5.41, 5.74) is 0. The van der Waals surface area contributed by atoms with Gasteiger partial charge in [-0.25, -0.2) is 0 Å². The molecule has 15 heavy (non-hydrogen) atoms. The number of hydrogen-bond donors (Lipinski definition) is 1. The first-order valence-corrected chi connectivity index (χ1v) is 5.22. The van der Waals surface area contributed by atoms with Gasteiger partial charge in [0.2, 0.25) is 0 Å². The van der Waals surface area contributed by atoms with Crippen LogP contribution in [0.5, 0.6) is 0 Å². The Hall–Kier alpha value is -1.22. The largest absolute Gasteiger partial charge is 0.377 e. The van der Waals surface area contributed by atoms with E-state index in [4.69, 9.17) is 9.84 Å². The van der Waals surface area contributed by atoms with E-state index in [1.165, 1.54) is 6.08 Å². The van der Waals surface area contributed by atoms with E-state index in [2.05, 4.69) is 37.2 Å². The van der Waals surface area contributed by atoms with Crippen LogP contribution in [0.1, 0.15) is 26.2 Å². The number of aliphatic hydroxyl groups is 1. The summed E-state index contributed by atoms with van der Waals surface area (Å²) in [4.78, 5) is 0. The van der Waals surface area contributed by atoms with Gasteiger partial charge in [-0.1, -0.05) is 37.8 Å². The Morgan fingerprint density at radius 2 is 2.27 bits per heavy atom. The number of rotatable bonds is 4. The minimum atomic E-state index is -0.774. The van der Waals surface area contributed by atoms with Gasteiger partial charge in [0.25, 0.3) is 0 Å². The second kappa shape index (κ2) is 6.30. The van der Waals surface area contributed by atoms with Gasteiger partial charge in [-0.05, 0) is 18.3 Å². The van der Waals surface area contributed by atoms with Gasteiger partial charge in [-0.3, -0.25) is 0 Å². The summed E-state index contributed by atoms with van der Waals surface area (Å²) in [5, 5.41) is 9.01. The fourth-order valence-corrected chi connectivity index (χ4v) is 1.26. The average molecular weight is 204 g/mol. The lowest BCUT2D eigenvalue weighted by molar-refractivity contribution is 0.281. The second-order valence-electron chi connectivity index (χ2n) is 3.46. The van der Waals surface area contributed by atoms with E-state index < -0.39 is 6.10 Å². The molecular weight excluding hydrogens is 188 g/mol. The standard InChI is InChI=1S/C13H16O2/c1-3-8-12-13(15-12)10-7-5-6-9-11(14)4-2/h4,11-14H,2-3,8,10H2,1H3/t11?,12-,13+/m1/s1. The van der Waals surface area contributed by atoms with E-state index in [9.17, 15) is 0 Å². The van der Waals surface area contributed by atoms with Crippen molar-refractivity contribution in [2.45, 2.75) is 44.5 Å². The molecule has 0 radical (unpaired) electrons. The number of aliphatic hydroxyl groups excluding tert-OH is 1. The molecule has 1 unspecified atom stereocenters. The third kappa shape index (κ3) is 4.70. The molecule has 0 saturated carbocycles. The Kier molecular flexibility index (Phi) is 4.98. The average Bonchev–Trinajstić information content (AvgIpc) is 2.96. The second-order valence-corrected chi connectivity index (χ2v) is 3.46. The Morgan fingerprint density at radius 1 is 1.47 bits per heavy atom. The molecule has 0 bridgehead atoms. The van der Waals surface area contributed by atoms with Crippen LogP contribution in [0.4, 0.5) is 0 Å². The summed E-state index contributed by atoms with van der Waals surface area (Å²) >= 11 is 0. The summed E-state index contributed by atoms with van der Waals surface area (Å²) in [6.07, 6.45) is 4.33. The third-order valence-electron chi connectivity index (χ3n) is 2.16. The SMILES string of the molecule is C=CC(O)C#CC#CC[C@@H]1O[C@@H]1CCC. The first kappa shape index (κ1) is 11.9. The van der Waals surface area contributed by atoms with Crippen LogP contribution in [0.15, 0.2) is 12.7 Å². The summed E-state index contributed by atoms with van der Waals surface area (Å²) in [6.45, 7) is 5.55. The molecule has 1 aliphatic rings. The van der Waals surface area contributed by atoms with Crippen molar-refractivity contribution in [2.24, 2.45) is 0 Å². The van der Waals surface area contributed by atoms with E-state index in [0.29, 0.717) is 12.2 Å². The van der Waals surface area contributed by atoms with Crippen molar-refractivity contribution in [3.8, 4) is 23.7 Å². The van der Waals surface area contributed by atoms with Crippen molar-refractivity contribution in [2.75, 3.05) is 0 Å². The minimum absolute atomic E-state index is 0.309. The topological polar surface area (TPSA) is 32.8 Å². The van der Waals surface area contributed by atoms with Gasteiger partial charge in [-0.15, -0.1) is 0 Å². The van der Waals surface area contributed by atoms with Crippen LogP contribution >= 0.6 is 0 Å². The van der Waals surface area contributed by atoms with Gasteiger partial charge in [0.05, 0.1) is 12.2 Å². The molecule has 80 valence electrons. The van der Waals surface area contributed by atoms with Gasteiger partial charge in [-0.2, -0.15) is 0 Å². The van der Waals surface area contributed by atoms with E-state index in [0.717, 1.165) is 19.3 Å². The first-order chi connectivity index (χ1) is 7.27. The van der Waals surface area contributed by atoms with Gasteiger partial charge in [0.1, 0.15) is 6.10 Å². The summed E-state index contributed by atoms with van der Waals surface area (Å²) in [6, 6.07) is 0. The highest BCUT2D eigenvalue weighted by atomic mass is 16.6. The van der Waals surface area contributed by atoms with Crippen molar-refractivity contribution in [3.63, 3.8) is 0 Å². The lowest BCUT2D eigenvalue weighted by Gasteiger charge is -1.86. The van der Waals surface area contributed by atoms with E-state index in [1.54, 1.807) is 0 Å². The van der Waals surface area contributed by atoms with Gasteiger partial charge in [0, 0.05) is 6.42 Å². The van der Waals surface area contributed by atoms with Crippen molar-refractivity contribution >= 4 is 0 Å². The molecule has 0 aromatic rings. The van der Waals surface area contributed by atoms with Crippen molar-refractivity contribution < 1.29 is 9.84 Å². The van der Waals surface area contributed by atoms with Crippen LogP contribution < -0.4 is 0 Å². The van der Waals surface area contributed by atoms with Crippen LogP contribution in [-0.2, 0) is 4.74 Å². The third-order valence-corrected chi connectivity index (χ3v) is 2.16. The molecule has 2 nitrogen and oxygen atoms in total. The first-order valence-electron chi connectivity index (χ1n) is 5.22. The lowest BCUT2D eigenvalue weighted by atomic mass is 10.2. The normalized spacial score (nSPS) is 24.1. The molecule has 1 fully saturated rings. The summed E-state index contributed by atoms with van der Waals surface area (Å²) in [7, 11) is 0. The molecule has 0 amide bonds. The zero-order valence-electron chi connectivity index (χ0n) is 8.99. The van der Waals surface area contributed by atoms with Crippen LogP contribution in [0.2, 0.25) is 0 Å². The zero-order chi connectivity index (χ0) is 11.1. The molecule has 1 saturated heterocycles. The van der Waals surface area contributed by atoms with Crippen molar-refractivity contribution in [1.82, 2.24) is 0 Å². The van der Waals surface area contributed by atoms with Gasteiger partial charge in [0.15, 0.2) is 0 Å². The van der Waals surface area contributed by atoms with Crippen molar-refractivity contribution in [1.29, 1.82) is 0 Å². The number of ether oxygens (including phenoxy) is 1. The molecule has 1 N–H and O–H groups in total. The maximum absolute atomic E-state index is 9.01.